The van der Waals surface area contributed by atoms with Crippen molar-refractivity contribution in [2.24, 2.45) is 5.92 Å². The molecule has 2 N–H and O–H groups in total. The zero-order valence-electron chi connectivity index (χ0n) is 12.2. The van der Waals surface area contributed by atoms with Gasteiger partial charge in [0.05, 0.1) is 0 Å². The minimum absolute atomic E-state index is 0.0931. The standard InChI is InChI=1S/C16H20FNO3/c1-3-11(2)8-15(19)18-10-13-9-12(4-6-14(13)17)5-7-16(20)21/h4-7,9,11H,3,8,10H2,1-2H3,(H,18,19)(H,20,21)/b7-5+. The summed E-state index contributed by atoms with van der Waals surface area (Å²) >= 11 is 0. The molecule has 0 aliphatic heterocycles. The maximum absolute atomic E-state index is 13.7. The van der Waals surface area contributed by atoms with Crippen molar-refractivity contribution >= 4 is 18.0 Å². The van der Waals surface area contributed by atoms with Crippen LogP contribution in [0.15, 0.2) is 24.3 Å². The Morgan fingerprint density at radius 2 is 2.14 bits per heavy atom. The molecule has 0 heterocycles. The van der Waals surface area contributed by atoms with E-state index in [2.05, 4.69) is 5.32 Å². The van der Waals surface area contributed by atoms with E-state index in [-0.39, 0.29) is 12.5 Å². The predicted octanol–water partition coefficient (Wildman–Crippen LogP) is 2.98. The minimum atomic E-state index is -1.07. The van der Waals surface area contributed by atoms with Crippen LogP contribution in [0.2, 0.25) is 0 Å². The number of aliphatic carboxylic acids is 1. The van der Waals surface area contributed by atoms with Gasteiger partial charge in [-0.1, -0.05) is 26.3 Å². The van der Waals surface area contributed by atoms with Crippen LogP contribution in [0.4, 0.5) is 4.39 Å². The van der Waals surface area contributed by atoms with Crippen LogP contribution in [0.3, 0.4) is 0 Å². The number of amides is 1. The fourth-order valence-corrected chi connectivity index (χ4v) is 1.73. The van der Waals surface area contributed by atoms with Crippen LogP contribution in [0.25, 0.3) is 6.08 Å². The molecule has 21 heavy (non-hydrogen) atoms. The van der Waals surface area contributed by atoms with Crippen molar-refractivity contribution in [2.45, 2.75) is 33.2 Å². The predicted molar refractivity (Wildman–Crippen MR) is 79.0 cm³/mol. The highest BCUT2D eigenvalue weighted by molar-refractivity contribution is 5.85. The number of benzene rings is 1. The first-order valence-electron chi connectivity index (χ1n) is 6.88. The highest BCUT2D eigenvalue weighted by Gasteiger charge is 2.09. The van der Waals surface area contributed by atoms with E-state index in [1.165, 1.54) is 24.3 Å². The smallest absolute Gasteiger partial charge is 0.328 e. The molecule has 0 radical (unpaired) electrons. The molecule has 1 unspecified atom stereocenters. The molecule has 5 heteroatoms. The molecule has 0 saturated heterocycles. The van der Waals surface area contributed by atoms with Gasteiger partial charge in [0, 0.05) is 24.6 Å². The average Bonchev–Trinajstić information content (AvgIpc) is 2.44. The lowest BCUT2D eigenvalue weighted by molar-refractivity contribution is -0.131. The van der Waals surface area contributed by atoms with Crippen LogP contribution in [0.5, 0.6) is 0 Å². The van der Waals surface area contributed by atoms with E-state index in [1.54, 1.807) is 0 Å². The number of carbonyl (C=O) groups is 2. The number of carbonyl (C=O) groups excluding carboxylic acids is 1. The maximum Gasteiger partial charge on any atom is 0.328 e. The van der Waals surface area contributed by atoms with E-state index in [9.17, 15) is 14.0 Å². The molecule has 1 rings (SSSR count). The Morgan fingerprint density at radius 1 is 1.43 bits per heavy atom. The Hall–Kier alpha value is -2.17. The van der Waals surface area contributed by atoms with Gasteiger partial charge >= 0.3 is 5.97 Å². The fourth-order valence-electron chi connectivity index (χ4n) is 1.73. The van der Waals surface area contributed by atoms with Gasteiger partial charge in [-0.25, -0.2) is 9.18 Å². The number of nitrogens with one attached hydrogen (secondary N) is 1. The molecule has 4 nitrogen and oxygen atoms in total. The summed E-state index contributed by atoms with van der Waals surface area (Å²) in [7, 11) is 0. The van der Waals surface area contributed by atoms with Crippen LogP contribution in [-0.2, 0) is 16.1 Å². The number of carboxylic acids is 1. The molecule has 1 aromatic rings. The molecule has 0 saturated carbocycles. The Bertz CT molecular complexity index is 540. The zero-order valence-corrected chi connectivity index (χ0v) is 12.2. The van der Waals surface area contributed by atoms with Crippen molar-refractivity contribution in [1.29, 1.82) is 0 Å². The highest BCUT2D eigenvalue weighted by Crippen LogP contribution is 2.12. The molecule has 0 bridgehead atoms. The van der Waals surface area contributed by atoms with Crippen molar-refractivity contribution < 1.29 is 19.1 Å². The van der Waals surface area contributed by atoms with Crippen LogP contribution in [-0.4, -0.2) is 17.0 Å². The number of hydrogen-bond donors (Lipinski definition) is 2. The van der Waals surface area contributed by atoms with Crippen molar-refractivity contribution in [1.82, 2.24) is 5.32 Å². The Morgan fingerprint density at radius 3 is 2.76 bits per heavy atom. The molecular weight excluding hydrogens is 273 g/mol. The minimum Gasteiger partial charge on any atom is -0.478 e. The molecule has 1 aromatic carbocycles. The zero-order chi connectivity index (χ0) is 15.8. The van der Waals surface area contributed by atoms with Gasteiger partial charge in [0.15, 0.2) is 0 Å². The van der Waals surface area contributed by atoms with Crippen LogP contribution in [0.1, 0.15) is 37.8 Å². The summed E-state index contributed by atoms with van der Waals surface area (Å²) in [5.41, 5.74) is 0.907. The van der Waals surface area contributed by atoms with E-state index in [4.69, 9.17) is 5.11 Å². The van der Waals surface area contributed by atoms with E-state index in [0.717, 1.165) is 12.5 Å². The summed E-state index contributed by atoms with van der Waals surface area (Å²) in [5.74, 6) is -1.32. The molecule has 1 atom stereocenters. The van der Waals surface area contributed by atoms with Gasteiger partial charge in [0.2, 0.25) is 5.91 Å². The third kappa shape index (κ3) is 6.21. The number of rotatable bonds is 7. The SMILES string of the molecule is CCC(C)CC(=O)NCc1cc(/C=C/C(=O)O)ccc1F. The Labute approximate surface area is 123 Å². The van der Waals surface area contributed by atoms with Gasteiger partial charge in [-0.05, 0) is 29.7 Å². The third-order valence-corrected chi connectivity index (χ3v) is 3.19. The van der Waals surface area contributed by atoms with Crippen molar-refractivity contribution in [3.05, 3.63) is 41.2 Å². The summed E-state index contributed by atoms with van der Waals surface area (Å²) < 4.78 is 13.7. The van der Waals surface area contributed by atoms with Gasteiger partial charge in [-0.2, -0.15) is 0 Å². The third-order valence-electron chi connectivity index (χ3n) is 3.19. The normalized spacial score (nSPS) is 12.3. The summed E-state index contributed by atoms with van der Waals surface area (Å²) in [6, 6.07) is 4.27. The second-order valence-corrected chi connectivity index (χ2v) is 5.02. The highest BCUT2D eigenvalue weighted by atomic mass is 19.1. The quantitative estimate of drug-likeness (QED) is 0.759. The van der Waals surface area contributed by atoms with Gasteiger partial charge in [0.25, 0.3) is 0 Å². The lowest BCUT2D eigenvalue weighted by atomic mass is 10.0. The molecule has 0 aromatic heterocycles. The summed E-state index contributed by atoms with van der Waals surface area (Å²) in [4.78, 5) is 22.1. The second-order valence-electron chi connectivity index (χ2n) is 5.02. The summed E-state index contributed by atoms with van der Waals surface area (Å²) in [5, 5.41) is 11.2. The molecular formula is C16H20FNO3. The monoisotopic (exact) mass is 293 g/mol. The second kappa shape index (κ2) is 8.19. The molecule has 0 fully saturated rings. The van der Waals surface area contributed by atoms with Crippen molar-refractivity contribution in [3.8, 4) is 0 Å². The molecule has 0 aliphatic carbocycles. The van der Waals surface area contributed by atoms with Crippen molar-refractivity contribution in [2.75, 3.05) is 0 Å². The first-order chi connectivity index (χ1) is 9.92. The molecule has 114 valence electrons. The van der Waals surface area contributed by atoms with Gasteiger partial charge in [0.1, 0.15) is 5.82 Å². The lowest BCUT2D eigenvalue weighted by Crippen LogP contribution is -2.24. The largest absolute Gasteiger partial charge is 0.478 e. The van der Waals surface area contributed by atoms with Gasteiger partial charge in [-0.3, -0.25) is 4.79 Å². The summed E-state index contributed by atoms with van der Waals surface area (Å²) in [6.45, 7) is 4.09. The van der Waals surface area contributed by atoms with Gasteiger partial charge in [-0.15, -0.1) is 0 Å². The Balaban J connectivity index is 2.68. The Kier molecular flexibility index (Phi) is 6.59. The van der Waals surface area contributed by atoms with Crippen LogP contribution >= 0.6 is 0 Å². The molecule has 0 aliphatic rings. The fraction of sp³-hybridized carbons (Fsp3) is 0.375. The summed E-state index contributed by atoms with van der Waals surface area (Å²) in [6.07, 6.45) is 3.69. The van der Waals surface area contributed by atoms with Crippen LogP contribution in [0, 0.1) is 11.7 Å². The van der Waals surface area contributed by atoms with E-state index in [0.29, 0.717) is 23.5 Å². The average molecular weight is 293 g/mol. The molecule has 1 amide bonds. The van der Waals surface area contributed by atoms with Gasteiger partial charge < -0.3 is 10.4 Å². The number of carboxylic acid groups (broad SMARTS) is 1. The van der Waals surface area contributed by atoms with Crippen molar-refractivity contribution in [3.63, 3.8) is 0 Å². The number of hydrogen-bond acceptors (Lipinski definition) is 2. The van der Waals surface area contributed by atoms with Crippen LogP contribution < -0.4 is 5.32 Å². The topological polar surface area (TPSA) is 66.4 Å². The maximum atomic E-state index is 13.7. The van der Waals surface area contributed by atoms with E-state index >= 15 is 0 Å². The first kappa shape index (κ1) is 16.9. The van der Waals surface area contributed by atoms with E-state index < -0.39 is 11.8 Å². The molecule has 0 spiro atoms. The van der Waals surface area contributed by atoms with E-state index in [1.807, 2.05) is 13.8 Å². The lowest BCUT2D eigenvalue weighted by Gasteiger charge is -2.10. The first-order valence-corrected chi connectivity index (χ1v) is 6.88. The number of halogens is 1.